The largest absolute Gasteiger partial charge is 0.353 e. The molecule has 1 aliphatic carbocycles. The molecule has 1 spiro atoms. The van der Waals surface area contributed by atoms with Crippen LogP contribution in [-0.2, 0) is 9.59 Å². The predicted octanol–water partition coefficient (Wildman–Crippen LogP) is 1.04. The molecule has 0 aromatic carbocycles. The maximum absolute atomic E-state index is 12.8. The van der Waals surface area contributed by atoms with Crippen molar-refractivity contribution >= 4 is 17.8 Å². The first-order valence-corrected chi connectivity index (χ1v) is 9.05. The third-order valence-electron chi connectivity index (χ3n) is 5.43. The quantitative estimate of drug-likeness (QED) is 0.704. The molecule has 7 heteroatoms. The maximum atomic E-state index is 12.8. The fourth-order valence-electron chi connectivity index (χ4n) is 3.76. The van der Waals surface area contributed by atoms with Crippen molar-refractivity contribution < 1.29 is 14.4 Å². The Kier molecular flexibility index (Phi) is 6.21. The fourth-order valence-corrected chi connectivity index (χ4v) is 3.76. The molecule has 24 heavy (non-hydrogen) atoms. The highest BCUT2D eigenvalue weighted by Gasteiger charge is 2.55. The minimum Gasteiger partial charge on any atom is -0.353 e. The average Bonchev–Trinajstić information content (AvgIpc) is 2.76. The first-order chi connectivity index (χ1) is 11.5. The Morgan fingerprint density at radius 1 is 1.17 bits per heavy atom. The number of carbonyl (C=O) groups excluding carboxylic acids is 3. The molecular formula is C17H30N4O3. The summed E-state index contributed by atoms with van der Waals surface area (Å²) in [6.07, 6.45) is 4.41. The van der Waals surface area contributed by atoms with Gasteiger partial charge in [-0.2, -0.15) is 0 Å². The van der Waals surface area contributed by atoms with Crippen molar-refractivity contribution in [3.63, 3.8) is 0 Å². The van der Waals surface area contributed by atoms with E-state index in [1.54, 1.807) is 11.9 Å². The normalized spacial score (nSPS) is 20.3. The standard InChI is InChI=1S/C17H30N4O3/c1-4-20(5-2)12-11-18-14(22)13-21-15(23)17(19(3)16(21)24)9-7-6-8-10-17/h4-13H2,1-3H3,(H,18,22). The van der Waals surface area contributed by atoms with E-state index in [4.69, 9.17) is 0 Å². The van der Waals surface area contributed by atoms with E-state index in [1.807, 2.05) is 0 Å². The van der Waals surface area contributed by atoms with E-state index in [0.717, 1.165) is 43.8 Å². The topological polar surface area (TPSA) is 73.0 Å². The first kappa shape index (κ1) is 18.7. The summed E-state index contributed by atoms with van der Waals surface area (Å²) in [5, 5.41) is 2.81. The number of carbonyl (C=O) groups is 3. The summed E-state index contributed by atoms with van der Waals surface area (Å²) in [5.41, 5.74) is -0.711. The fraction of sp³-hybridized carbons (Fsp3) is 0.824. The molecule has 2 rings (SSSR count). The van der Waals surface area contributed by atoms with E-state index in [9.17, 15) is 14.4 Å². The summed E-state index contributed by atoms with van der Waals surface area (Å²) in [6, 6.07) is -0.346. The summed E-state index contributed by atoms with van der Waals surface area (Å²) in [5.74, 6) is -0.473. The number of hydrogen-bond acceptors (Lipinski definition) is 4. The lowest BCUT2D eigenvalue weighted by Gasteiger charge is -2.35. The highest BCUT2D eigenvalue weighted by Crippen LogP contribution is 2.39. The van der Waals surface area contributed by atoms with Gasteiger partial charge < -0.3 is 15.1 Å². The van der Waals surface area contributed by atoms with Crippen molar-refractivity contribution in [2.24, 2.45) is 0 Å². The molecule has 1 saturated heterocycles. The van der Waals surface area contributed by atoms with Crippen molar-refractivity contribution in [2.45, 2.75) is 51.5 Å². The molecule has 0 radical (unpaired) electrons. The molecule has 2 aliphatic rings. The zero-order chi connectivity index (χ0) is 17.7. The van der Waals surface area contributed by atoms with Crippen molar-refractivity contribution in [1.29, 1.82) is 0 Å². The second-order valence-corrected chi connectivity index (χ2v) is 6.70. The van der Waals surface area contributed by atoms with Gasteiger partial charge in [0.15, 0.2) is 0 Å². The smallest absolute Gasteiger partial charge is 0.327 e. The monoisotopic (exact) mass is 338 g/mol. The Hall–Kier alpha value is -1.63. The molecule has 1 aliphatic heterocycles. The van der Waals surface area contributed by atoms with Gasteiger partial charge in [0.2, 0.25) is 5.91 Å². The molecule has 0 aromatic rings. The van der Waals surface area contributed by atoms with Crippen LogP contribution in [0.15, 0.2) is 0 Å². The van der Waals surface area contributed by atoms with Crippen molar-refractivity contribution in [2.75, 3.05) is 39.8 Å². The van der Waals surface area contributed by atoms with Crippen molar-refractivity contribution in [1.82, 2.24) is 20.0 Å². The van der Waals surface area contributed by atoms with Gasteiger partial charge in [-0.05, 0) is 25.9 Å². The Balaban J connectivity index is 1.91. The zero-order valence-corrected chi connectivity index (χ0v) is 15.1. The van der Waals surface area contributed by atoms with Gasteiger partial charge >= 0.3 is 6.03 Å². The number of rotatable bonds is 7. The van der Waals surface area contributed by atoms with Gasteiger partial charge in [0, 0.05) is 20.1 Å². The van der Waals surface area contributed by atoms with E-state index >= 15 is 0 Å². The maximum Gasteiger partial charge on any atom is 0.327 e. The van der Waals surface area contributed by atoms with Gasteiger partial charge in [-0.1, -0.05) is 33.1 Å². The molecular weight excluding hydrogens is 308 g/mol. The molecule has 1 saturated carbocycles. The third-order valence-corrected chi connectivity index (χ3v) is 5.43. The second kappa shape index (κ2) is 7.96. The van der Waals surface area contributed by atoms with Crippen LogP contribution in [0.1, 0.15) is 46.0 Å². The number of imide groups is 1. The van der Waals surface area contributed by atoms with E-state index in [1.165, 1.54) is 0 Å². The van der Waals surface area contributed by atoms with Crippen LogP contribution in [0.5, 0.6) is 0 Å². The Morgan fingerprint density at radius 2 is 1.79 bits per heavy atom. The summed E-state index contributed by atoms with van der Waals surface area (Å²) in [4.78, 5) is 42.2. The van der Waals surface area contributed by atoms with Gasteiger partial charge in [-0.3, -0.25) is 14.5 Å². The van der Waals surface area contributed by atoms with Crippen LogP contribution >= 0.6 is 0 Å². The van der Waals surface area contributed by atoms with Gasteiger partial charge in [0.1, 0.15) is 12.1 Å². The summed E-state index contributed by atoms with van der Waals surface area (Å²) >= 11 is 0. The van der Waals surface area contributed by atoms with Gasteiger partial charge in [0.05, 0.1) is 0 Å². The van der Waals surface area contributed by atoms with E-state index in [-0.39, 0.29) is 24.4 Å². The molecule has 0 unspecified atom stereocenters. The van der Waals surface area contributed by atoms with Gasteiger partial charge in [-0.25, -0.2) is 4.79 Å². The number of nitrogens with zero attached hydrogens (tertiary/aromatic N) is 3. The molecule has 136 valence electrons. The minimum absolute atomic E-state index is 0.179. The van der Waals surface area contributed by atoms with Crippen LogP contribution < -0.4 is 5.32 Å². The predicted molar refractivity (Wildman–Crippen MR) is 91.5 cm³/mol. The highest BCUT2D eigenvalue weighted by molar-refractivity contribution is 6.08. The number of urea groups is 1. The van der Waals surface area contributed by atoms with Crippen molar-refractivity contribution in [3.8, 4) is 0 Å². The van der Waals surface area contributed by atoms with Crippen molar-refractivity contribution in [3.05, 3.63) is 0 Å². The minimum atomic E-state index is -0.711. The molecule has 0 bridgehead atoms. The average molecular weight is 338 g/mol. The van der Waals surface area contributed by atoms with Crippen LogP contribution in [0, 0.1) is 0 Å². The Labute approximate surface area is 144 Å². The summed E-state index contributed by atoms with van der Waals surface area (Å²) < 4.78 is 0. The molecule has 0 aromatic heterocycles. The van der Waals surface area contributed by atoms with E-state index < -0.39 is 5.54 Å². The lowest BCUT2D eigenvalue weighted by molar-refractivity contribution is -0.137. The molecule has 4 amide bonds. The number of hydrogen-bond donors (Lipinski definition) is 1. The third kappa shape index (κ3) is 3.55. The Bertz CT molecular complexity index is 484. The second-order valence-electron chi connectivity index (χ2n) is 6.70. The lowest BCUT2D eigenvalue weighted by Crippen LogP contribution is -2.49. The van der Waals surface area contributed by atoms with E-state index in [0.29, 0.717) is 19.4 Å². The number of likely N-dealkylation sites (N-methyl/N-ethyl adjacent to an activating group) is 2. The molecule has 7 nitrogen and oxygen atoms in total. The summed E-state index contributed by atoms with van der Waals surface area (Å²) in [6.45, 7) is 7.13. The van der Waals surface area contributed by atoms with Crippen LogP contribution in [0.3, 0.4) is 0 Å². The van der Waals surface area contributed by atoms with Gasteiger partial charge in [0.25, 0.3) is 5.91 Å². The summed E-state index contributed by atoms with van der Waals surface area (Å²) in [7, 11) is 1.68. The highest BCUT2D eigenvalue weighted by atomic mass is 16.2. The first-order valence-electron chi connectivity index (χ1n) is 9.05. The van der Waals surface area contributed by atoms with Gasteiger partial charge in [-0.15, -0.1) is 0 Å². The van der Waals surface area contributed by atoms with Crippen LogP contribution in [0.2, 0.25) is 0 Å². The number of nitrogens with one attached hydrogen (secondary N) is 1. The lowest BCUT2D eigenvalue weighted by atomic mass is 9.81. The zero-order valence-electron chi connectivity index (χ0n) is 15.1. The number of amides is 4. The molecule has 1 N–H and O–H groups in total. The van der Waals surface area contributed by atoms with Crippen LogP contribution in [-0.4, -0.2) is 77.9 Å². The molecule has 2 fully saturated rings. The van der Waals surface area contributed by atoms with Crippen LogP contribution in [0.4, 0.5) is 4.79 Å². The molecule has 0 atom stereocenters. The Morgan fingerprint density at radius 3 is 2.38 bits per heavy atom. The SMILES string of the molecule is CCN(CC)CCNC(=O)CN1C(=O)N(C)C2(CCCCC2)C1=O. The molecule has 1 heterocycles. The van der Waals surface area contributed by atoms with Crippen LogP contribution in [0.25, 0.3) is 0 Å². The van der Waals surface area contributed by atoms with E-state index in [2.05, 4.69) is 24.1 Å².